The minimum atomic E-state index is 0.0279. The van der Waals surface area contributed by atoms with Crippen molar-refractivity contribution in [3.8, 4) is 0 Å². The SMILES string of the molecule is CC(=O)N(C)c1cc(C)cc2ccnc(C)c12. The molecule has 0 radical (unpaired) electrons. The molecule has 0 aliphatic rings. The Balaban J connectivity index is 2.81. The minimum absolute atomic E-state index is 0.0279. The fraction of sp³-hybridized carbons (Fsp3) is 0.286. The maximum atomic E-state index is 11.5. The summed E-state index contributed by atoms with van der Waals surface area (Å²) in [5.41, 5.74) is 3.02. The predicted molar refractivity (Wildman–Crippen MR) is 70.3 cm³/mol. The van der Waals surface area contributed by atoms with Crippen LogP contribution in [0.5, 0.6) is 0 Å². The van der Waals surface area contributed by atoms with Crippen LogP contribution < -0.4 is 4.90 Å². The number of benzene rings is 1. The molecule has 1 aromatic heterocycles. The van der Waals surface area contributed by atoms with Crippen molar-refractivity contribution in [3.05, 3.63) is 35.7 Å². The highest BCUT2D eigenvalue weighted by molar-refractivity contribution is 6.03. The monoisotopic (exact) mass is 228 g/mol. The number of amides is 1. The van der Waals surface area contributed by atoms with Gasteiger partial charge in [-0.15, -0.1) is 0 Å². The van der Waals surface area contributed by atoms with Gasteiger partial charge in [-0.2, -0.15) is 0 Å². The lowest BCUT2D eigenvalue weighted by Gasteiger charge is -2.19. The molecule has 1 aromatic carbocycles. The number of fused-ring (bicyclic) bond motifs is 1. The summed E-state index contributed by atoms with van der Waals surface area (Å²) in [5.74, 6) is 0.0279. The normalized spacial score (nSPS) is 10.6. The van der Waals surface area contributed by atoms with Crippen LogP contribution in [0.1, 0.15) is 18.2 Å². The molecule has 0 N–H and O–H groups in total. The molecular weight excluding hydrogens is 212 g/mol. The van der Waals surface area contributed by atoms with Crippen LogP contribution in [0.3, 0.4) is 0 Å². The molecule has 3 nitrogen and oxygen atoms in total. The number of aromatic nitrogens is 1. The first-order valence-corrected chi connectivity index (χ1v) is 5.61. The Hall–Kier alpha value is -1.90. The van der Waals surface area contributed by atoms with E-state index in [4.69, 9.17) is 0 Å². The largest absolute Gasteiger partial charge is 0.315 e. The van der Waals surface area contributed by atoms with Gasteiger partial charge in [0.2, 0.25) is 5.91 Å². The van der Waals surface area contributed by atoms with Gasteiger partial charge in [0.25, 0.3) is 0 Å². The summed E-state index contributed by atoms with van der Waals surface area (Å²) in [7, 11) is 1.79. The Morgan fingerprint density at radius 3 is 2.65 bits per heavy atom. The Morgan fingerprint density at radius 1 is 1.29 bits per heavy atom. The minimum Gasteiger partial charge on any atom is -0.315 e. The molecule has 2 aromatic rings. The summed E-state index contributed by atoms with van der Waals surface area (Å²) in [6, 6.07) is 6.12. The van der Waals surface area contributed by atoms with Crippen molar-refractivity contribution in [2.45, 2.75) is 20.8 Å². The van der Waals surface area contributed by atoms with Crippen LogP contribution in [0.15, 0.2) is 24.4 Å². The third-order valence-corrected chi connectivity index (χ3v) is 3.01. The zero-order chi connectivity index (χ0) is 12.6. The number of rotatable bonds is 1. The second-order valence-electron chi connectivity index (χ2n) is 4.36. The number of anilines is 1. The number of carbonyl (C=O) groups is 1. The smallest absolute Gasteiger partial charge is 0.223 e. The van der Waals surface area contributed by atoms with Crippen molar-refractivity contribution in [2.75, 3.05) is 11.9 Å². The lowest BCUT2D eigenvalue weighted by atomic mass is 10.0. The van der Waals surface area contributed by atoms with E-state index in [1.165, 1.54) is 0 Å². The van der Waals surface area contributed by atoms with E-state index in [2.05, 4.69) is 11.1 Å². The average Bonchev–Trinajstić information content (AvgIpc) is 2.26. The van der Waals surface area contributed by atoms with Crippen LogP contribution >= 0.6 is 0 Å². The van der Waals surface area contributed by atoms with Crippen LogP contribution in [0, 0.1) is 13.8 Å². The first-order valence-electron chi connectivity index (χ1n) is 5.61. The first kappa shape index (κ1) is 11.6. The summed E-state index contributed by atoms with van der Waals surface area (Å²) in [6.07, 6.45) is 1.80. The van der Waals surface area contributed by atoms with Gasteiger partial charge in [-0.05, 0) is 36.9 Å². The number of pyridine rings is 1. The molecule has 0 saturated carbocycles. The maximum Gasteiger partial charge on any atom is 0.223 e. The molecule has 3 heteroatoms. The van der Waals surface area contributed by atoms with E-state index >= 15 is 0 Å². The van der Waals surface area contributed by atoms with Crippen molar-refractivity contribution in [1.82, 2.24) is 4.98 Å². The maximum absolute atomic E-state index is 11.5. The third-order valence-electron chi connectivity index (χ3n) is 3.01. The highest BCUT2D eigenvalue weighted by atomic mass is 16.2. The lowest BCUT2D eigenvalue weighted by Crippen LogP contribution is -2.23. The Kier molecular flexibility index (Phi) is 2.84. The third kappa shape index (κ3) is 2.00. The van der Waals surface area contributed by atoms with Gasteiger partial charge in [-0.25, -0.2) is 0 Å². The molecule has 0 aliphatic carbocycles. The topological polar surface area (TPSA) is 33.2 Å². The van der Waals surface area contributed by atoms with Crippen molar-refractivity contribution < 1.29 is 4.79 Å². The van der Waals surface area contributed by atoms with Gasteiger partial charge in [0.15, 0.2) is 0 Å². The highest BCUT2D eigenvalue weighted by Crippen LogP contribution is 2.29. The molecule has 0 spiro atoms. The molecule has 0 unspecified atom stereocenters. The van der Waals surface area contributed by atoms with Gasteiger partial charge in [0, 0.05) is 31.2 Å². The lowest BCUT2D eigenvalue weighted by molar-refractivity contribution is -0.116. The van der Waals surface area contributed by atoms with Crippen LogP contribution in [-0.2, 0) is 4.79 Å². The predicted octanol–water partition coefficient (Wildman–Crippen LogP) is 2.83. The highest BCUT2D eigenvalue weighted by Gasteiger charge is 2.12. The van der Waals surface area contributed by atoms with Crippen LogP contribution in [0.4, 0.5) is 5.69 Å². The molecule has 17 heavy (non-hydrogen) atoms. The van der Waals surface area contributed by atoms with Crippen molar-refractivity contribution in [2.24, 2.45) is 0 Å². The van der Waals surface area contributed by atoms with E-state index in [0.29, 0.717) is 0 Å². The van der Waals surface area contributed by atoms with E-state index in [1.807, 2.05) is 26.0 Å². The molecule has 0 atom stereocenters. The summed E-state index contributed by atoms with van der Waals surface area (Å²) < 4.78 is 0. The number of nitrogens with zero attached hydrogens (tertiary/aromatic N) is 2. The summed E-state index contributed by atoms with van der Waals surface area (Å²) in [4.78, 5) is 17.5. The van der Waals surface area contributed by atoms with Crippen molar-refractivity contribution in [1.29, 1.82) is 0 Å². The van der Waals surface area contributed by atoms with Gasteiger partial charge >= 0.3 is 0 Å². The number of hydrogen-bond acceptors (Lipinski definition) is 2. The Labute approximate surface area is 101 Å². The van der Waals surface area contributed by atoms with Crippen LogP contribution in [-0.4, -0.2) is 17.9 Å². The van der Waals surface area contributed by atoms with Gasteiger partial charge in [0.05, 0.1) is 5.69 Å². The van der Waals surface area contributed by atoms with E-state index < -0.39 is 0 Å². The molecule has 88 valence electrons. The zero-order valence-corrected chi connectivity index (χ0v) is 10.6. The van der Waals surface area contributed by atoms with E-state index in [-0.39, 0.29) is 5.91 Å². The van der Waals surface area contributed by atoms with Gasteiger partial charge < -0.3 is 4.90 Å². The van der Waals surface area contributed by atoms with E-state index in [9.17, 15) is 4.79 Å². The van der Waals surface area contributed by atoms with Crippen molar-refractivity contribution in [3.63, 3.8) is 0 Å². The molecule has 2 rings (SSSR count). The molecule has 1 amide bonds. The summed E-state index contributed by atoms with van der Waals surface area (Å²) in [5, 5.41) is 2.18. The quantitative estimate of drug-likeness (QED) is 0.752. The molecule has 0 fully saturated rings. The average molecular weight is 228 g/mol. The Bertz CT molecular complexity index is 590. The number of aryl methyl sites for hydroxylation is 2. The van der Waals surface area contributed by atoms with E-state index in [0.717, 1.165) is 27.7 Å². The number of carbonyl (C=O) groups excluding carboxylic acids is 1. The second kappa shape index (κ2) is 4.17. The zero-order valence-electron chi connectivity index (χ0n) is 10.6. The standard InChI is InChI=1S/C14H16N2O/c1-9-7-12-5-6-15-10(2)14(12)13(8-9)16(4)11(3)17/h5-8H,1-4H3. The summed E-state index contributed by atoms with van der Waals surface area (Å²) in [6.45, 7) is 5.57. The molecule has 0 bridgehead atoms. The molecule has 1 heterocycles. The van der Waals surface area contributed by atoms with Gasteiger partial charge in [-0.1, -0.05) is 6.07 Å². The van der Waals surface area contributed by atoms with E-state index in [1.54, 1.807) is 25.1 Å². The number of hydrogen-bond donors (Lipinski definition) is 0. The van der Waals surface area contributed by atoms with Gasteiger partial charge in [-0.3, -0.25) is 9.78 Å². The fourth-order valence-electron chi connectivity index (χ4n) is 2.05. The summed E-state index contributed by atoms with van der Waals surface area (Å²) >= 11 is 0. The molecular formula is C14H16N2O. The molecule has 0 aliphatic heterocycles. The first-order chi connectivity index (χ1) is 8.00. The fourth-order valence-corrected chi connectivity index (χ4v) is 2.05. The van der Waals surface area contributed by atoms with Crippen LogP contribution in [0.25, 0.3) is 10.8 Å². The Morgan fingerprint density at radius 2 is 2.00 bits per heavy atom. The van der Waals surface area contributed by atoms with Crippen LogP contribution in [0.2, 0.25) is 0 Å². The van der Waals surface area contributed by atoms with Crippen molar-refractivity contribution >= 4 is 22.4 Å². The second-order valence-corrected chi connectivity index (χ2v) is 4.36. The molecule has 0 saturated heterocycles. The van der Waals surface area contributed by atoms with Gasteiger partial charge in [0.1, 0.15) is 0 Å².